The van der Waals surface area contributed by atoms with Crippen LogP contribution in [0.25, 0.3) is 0 Å². The highest BCUT2D eigenvalue weighted by molar-refractivity contribution is 5.85. The standard InChI is InChI=1S/C8H16NO2.2ClH/c1-5-8(10)11-7-6-9(2,3)4;;/h5H,1,6-7H2,2-4H3;2*1H/q+1;;. The zero-order chi connectivity index (χ0) is 8.91. The smallest absolute Gasteiger partial charge is 0.330 e. The van der Waals surface area contributed by atoms with Gasteiger partial charge in [-0.15, -0.1) is 24.8 Å². The number of hydrogen-bond donors (Lipinski definition) is 0. The van der Waals surface area contributed by atoms with Gasteiger partial charge in [-0.1, -0.05) is 6.58 Å². The lowest BCUT2D eigenvalue weighted by atomic mass is 10.5. The van der Waals surface area contributed by atoms with Gasteiger partial charge in [-0.2, -0.15) is 0 Å². The highest BCUT2D eigenvalue weighted by atomic mass is 35.5. The van der Waals surface area contributed by atoms with Gasteiger partial charge in [0.15, 0.2) is 0 Å². The van der Waals surface area contributed by atoms with Crippen LogP contribution in [0.1, 0.15) is 0 Å². The summed E-state index contributed by atoms with van der Waals surface area (Å²) in [5.41, 5.74) is 0. The molecule has 0 unspecified atom stereocenters. The van der Waals surface area contributed by atoms with Crippen LogP contribution in [0.4, 0.5) is 0 Å². The molecule has 0 aromatic rings. The lowest BCUT2D eigenvalue weighted by Gasteiger charge is -2.23. The van der Waals surface area contributed by atoms with Crippen molar-refractivity contribution in [2.45, 2.75) is 0 Å². The van der Waals surface area contributed by atoms with Crippen LogP contribution in [-0.2, 0) is 9.53 Å². The highest BCUT2D eigenvalue weighted by Gasteiger charge is 2.06. The molecular weight excluding hydrogens is 213 g/mol. The Morgan fingerprint density at radius 3 is 2.15 bits per heavy atom. The summed E-state index contributed by atoms with van der Waals surface area (Å²) in [4.78, 5) is 10.6. The Kier molecular flexibility index (Phi) is 11.9. The molecule has 0 aromatic heterocycles. The van der Waals surface area contributed by atoms with Crippen molar-refractivity contribution in [1.82, 2.24) is 0 Å². The van der Waals surface area contributed by atoms with E-state index in [0.29, 0.717) is 6.61 Å². The van der Waals surface area contributed by atoms with Crippen LogP contribution in [-0.4, -0.2) is 44.7 Å². The van der Waals surface area contributed by atoms with Crippen LogP contribution in [0.15, 0.2) is 12.7 Å². The molecule has 0 aliphatic carbocycles. The van der Waals surface area contributed by atoms with Crippen LogP contribution in [0, 0.1) is 0 Å². The SMILES string of the molecule is C=CC(=O)OCC[N+](C)(C)C.Cl.Cl. The minimum Gasteiger partial charge on any atom is -0.457 e. The van der Waals surface area contributed by atoms with Gasteiger partial charge >= 0.3 is 5.97 Å². The molecule has 0 N–H and O–H groups in total. The number of rotatable bonds is 4. The Labute approximate surface area is 92.2 Å². The number of likely N-dealkylation sites (N-methyl/N-ethyl adjacent to an activating group) is 1. The number of halogens is 2. The lowest BCUT2D eigenvalue weighted by Crippen LogP contribution is -2.37. The van der Waals surface area contributed by atoms with Crippen LogP contribution in [0.3, 0.4) is 0 Å². The van der Waals surface area contributed by atoms with Crippen LogP contribution < -0.4 is 0 Å². The first kappa shape index (κ1) is 18.5. The van der Waals surface area contributed by atoms with Crippen molar-refractivity contribution in [2.24, 2.45) is 0 Å². The Morgan fingerprint density at radius 1 is 1.38 bits per heavy atom. The molecule has 5 heteroatoms. The molecule has 0 heterocycles. The summed E-state index contributed by atoms with van der Waals surface area (Å²) >= 11 is 0. The topological polar surface area (TPSA) is 26.3 Å². The number of hydrogen-bond acceptors (Lipinski definition) is 2. The van der Waals surface area contributed by atoms with E-state index in [0.717, 1.165) is 11.0 Å². The van der Waals surface area contributed by atoms with Gasteiger partial charge in [-0.25, -0.2) is 4.79 Å². The number of esters is 1. The molecule has 0 saturated carbocycles. The molecule has 0 aliphatic heterocycles. The van der Waals surface area contributed by atoms with Crippen LogP contribution in [0.2, 0.25) is 0 Å². The summed E-state index contributed by atoms with van der Waals surface area (Å²) in [5.74, 6) is -0.349. The first-order valence-corrected chi connectivity index (χ1v) is 3.55. The zero-order valence-corrected chi connectivity index (χ0v) is 9.91. The average molecular weight is 231 g/mol. The molecule has 0 spiro atoms. The van der Waals surface area contributed by atoms with E-state index < -0.39 is 0 Å². The van der Waals surface area contributed by atoms with E-state index in [2.05, 4.69) is 6.58 Å². The van der Waals surface area contributed by atoms with Crippen molar-refractivity contribution < 1.29 is 14.0 Å². The summed E-state index contributed by atoms with van der Waals surface area (Å²) in [6.07, 6.45) is 1.18. The molecule has 0 aromatic carbocycles. The second kappa shape index (κ2) is 8.35. The molecule has 0 atom stereocenters. The molecule has 13 heavy (non-hydrogen) atoms. The van der Waals surface area contributed by atoms with Crippen molar-refractivity contribution in [3.05, 3.63) is 12.7 Å². The second-order valence-corrected chi connectivity index (χ2v) is 3.39. The zero-order valence-electron chi connectivity index (χ0n) is 8.28. The van der Waals surface area contributed by atoms with Gasteiger partial charge in [-0.3, -0.25) is 0 Å². The Balaban J connectivity index is -0.000000500. The van der Waals surface area contributed by atoms with Crippen molar-refractivity contribution in [1.29, 1.82) is 0 Å². The number of carbonyl (C=O) groups is 1. The predicted octanol–water partition coefficient (Wildman–Crippen LogP) is 1.27. The predicted molar refractivity (Wildman–Crippen MR) is 58.6 cm³/mol. The monoisotopic (exact) mass is 230 g/mol. The largest absolute Gasteiger partial charge is 0.457 e. The van der Waals surface area contributed by atoms with Gasteiger partial charge in [0.1, 0.15) is 13.2 Å². The van der Waals surface area contributed by atoms with Crippen LogP contribution in [0.5, 0.6) is 0 Å². The van der Waals surface area contributed by atoms with E-state index in [4.69, 9.17) is 4.74 Å². The number of ether oxygens (including phenoxy) is 1. The maximum Gasteiger partial charge on any atom is 0.330 e. The normalized spacial score (nSPS) is 9.15. The average Bonchev–Trinajstić information content (AvgIpc) is 1.85. The van der Waals surface area contributed by atoms with E-state index in [1.54, 1.807) is 0 Å². The summed E-state index contributed by atoms with van der Waals surface area (Å²) in [6.45, 7) is 4.57. The van der Waals surface area contributed by atoms with Gasteiger partial charge in [-0.05, 0) is 0 Å². The summed E-state index contributed by atoms with van der Waals surface area (Å²) in [6, 6.07) is 0. The first-order valence-electron chi connectivity index (χ1n) is 3.55. The minimum absolute atomic E-state index is 0. The number of carbonyl (C=O) groups excluding carboxylic acids is 1. The van der Waals surface area contributed by atoms with Crippen molar-refractivity contribution in [3.8, 4) is 0 Å². The van der Waals surface area contributed by atoms with Crippen molar-refractivity contribution >= 4 is 30.8 Å². The molecule has 0 radical (unpaired) electrons. The maximum absolute atomic E-state index is 10.6. The van der Waals surface area contributed by atoms with E-state index in [-0.39, 0.29) is 30.8 Å². The molecule has 0 bridgehead atoms. The fourth-order valence-corrected chi connectivity index (χ4v) is 0.479. The van der Waals surface area contributed by atoms with E-state index in [1.807, 2.05) is 21.1 Å². The highest BCUT2D eigenvalue weighted by Crippen LogP contribution is 1.89. The fourth-order valence-electron chi connectivity index (χ4n) is 0.479. The van der Waals surface area contributed by atoms with Crippen LogP contribution >= 0.6 is 24.8 Å². The molecule has 0 amide bonds. The Hall–Kier alpha value is -0.250. The first-order chi connectivity index (χ1) is 4.95. The Morgan fingerprint density at radius 2 is 1.85 bits per heavy atom. The molecule has 0 rings (SSSR count). The molecule has 80 valence electrons. The molecular formula is C8H18Cl2NO2+. The van der Waals surface area contributed by atoms with Gasteiger partial charge in [0, 0.05) is 6.08 Å². The van der Waals surface area contributed by atoms with Gasteiger partial charge < -0.3 is 9.22 Å². The third kappa shape index (κ3) is 14.6. The molecule has 0 fully saturated rings. The third-order valence-corrected chi connectivity index (χ3v) is 1.17. The lowest BCUT2D eigenvalue weighted by molar-refractivity contribution is -0.870. The van der Waals surface area contributed by atoms with Crippen molar-refractivity contribution in [3.63, 3.8) is 0 Å². The van der Waals surface area contributed by atoms with E-state index in [1.165, 1.54) is 6.08 Å². The quantitative estimate of drug-likeness (QED) is 0.413. The molecule has 3 nitrogen and oxygen atoms in total. The van der Waals surface area contributed by atoms with Gasteiger partial charge in [0.2, 0.25) is 0 Å². The fraction of sp³-hybridized carbons (Fsp3) is 0.625. The summed E-state index contributed by atoms with van der Waals surface area (Å²) in [5, 5.41) is 0. The second-order valence-electron chi connectivity index (χ2n) is 3.39. The summed E-state index contributed by atoms with van der Waals surface area (Å²) < 4.78 is 5.59. The van der Waals surface area contributed by atoms with Crippen molar-refractivity contribution in [2.75, 3.05) is 34.3 Å². The number of nitrogens with zero attached hydrogens (tertiary/aromatic N) is 1. The van der Waals surface area contributed by atoms with E-state index >= 15 is 0 Å². The van der Waals surface area contributed by atoms with Gasteiger partial charge in [0.05, 0.1) is 21.1 Å². The third-order valence-electron chi connectivity index (χ3n) is 1.17. The minimum atomic E-state index is -0.349. The molecule has 0 saturated heterocycles. The Bertz CT molecular complexity index is 155. The number of quaternary nitrogens is 1. The van der Waals surface area contributed by atoms with Gasteiger partial charge in [0.25, 0.3) is 0 Å². The summed E-state index contributed by atoms with van der Waals surface area (Å²) in [7, 11) is 6.13. The maximum atomic E-state index is 10.6. The van der Waals surface area contributed by atoms with E-state index in [9.17, 15) is 4.79 Å². The molecule has 0 aliphatic rings.